The number of aromatic nitrogens is 1. The maximum absolute atomic E-state index is 12.7. The second kappa shape index (κ2) is 9.75. The monoisotopic (exact) mass is 445 g/mol. The van der Waals surface area contributed by atoms with E-state index in [1.165, 1.54) is 23.3 Å². The van der Waals surface area contributed by atoms with Gasteiger partial charge in [-0.25, -0.2) is 9.78 Å². The number of carbonyl (C=O) groups excluding carboxylic acids is 1. The number of thiophene rings is 1. The van der Waals surface area contributed by atoms with Crippen molar-refractivity contribution in [2.24, 2.45) is 0 Å². The molecule has 2 aromatic heterocycles. The molecule has 2 aliphatic rings. The number of aromatic amines is 1. The molecule has 4 rings (SSSR count). The van der Waals surface area contributed by atoms with Crippen molar-refractivity contribution in [2.75, 3.05) is 43.0 Å². The third kappa shape index (κ3) is 4.59. The highest BCUT2D eigenvalue weighted by Gasteiger charge is 2.28. The number of ether oxygens (including phenoxy) is 1. The number of fused-ring (bicyclic) bond motifs is 1. The van der Waals surface area contributed by atoms with Crippen LogP contribution in [0.2, 0.25) is 0 Å². The summed E-state index contributed by atoms with van der Waals surface area (Å²) < 4.78 is 5.38. The lowest BCUT2D eigenvalue weighted by molar-refractivity contribution is -0.364. The highest BCUT2D eigenvalue weighted by molar-refractivity contribution is 7.80. The van der Waals surface area contributed by atoms with Crippen LogP contribution >= 0.6 is 23.6 Å². The van der Waals surface area contributed by atoms with E-state index in [0.717, 1.165) is 56.3 Å². The van der Waals surface area contributed by atoms with Gasteiger partial charge in [0.05, 0.1) is 31.5 Å². The molecular weight excluding hydrogens is 416 g/mol. The second-order valence-electron chi connectivity index (χ2n) is 7.64. The van der Waals surface area contributed by atoms with Crippen LogP contribution in [0.3, 0.4) is 0 Å². The highest BCUT2D eigenvalue weighted by Crippen LogP contribution is 2.38. The van der Waals surface area contributed by atoms with Crippen LogP contribution in [-0.4, -0.2) is 48.8 Å². The Kier molecular flexibility index (Phi) is 6.84. The van der Waals surface area contributed by atoms with Gasteiger partial charge in [0.2, 0.25) is 0 Å². The molecule has 0 radical (unpaired) electrons. The maximum atomic E-state index is 12.7. The summed E-state index contributed by atoms with van der Waals surface area (Å²) in [5.41, 5.74) is 1.88. The zero-order chi connectivity index (χ0) is 20.9. The van der Waals surface area contributed by atoms with Crippen molar-refractivity contribution in [3.05, 3.63) is 40.4 Å². The maximum Gasteiger partial charge on any atom is 0.341 e. The molecule has 3 heterocycles. The minimum absolute atomic E-state index is 0.230. The first-order valence-corrected chi connectivity index (χ1v) is 12.0. The molecule has 8 heteroatoms. The Hall–Kier alpha value is -2.19. The molecule has 2 N–H and O–H groups in total. The molecule has 0 atom stereocenters. The lowest BCUT2D eigenvalue weighted by atomic mass is 10.1. The number of piperazine rings is 1. The number of esters is 1. The first-order chi connectivity index (χ1) is 14.7. The van der Waals surface area contributed by atoms with Crippen LogP contribution in [0.4, 0.5) is 10.8 Å². The zero-order valence-corrected chi connectivity index (χ0v) is 19.0. The van der Waals surface area contributed by atoms with Gasteiger partial charge in [-0.2, -0.15) is 0 Å². The largest absolute Gasteiger partial charge is 0.462 e. The van der Waals surface area contributed by atoms with Crippen molar-refractivity contribution in [1.82, 2.24) is 4.90 Å². The minimum atomic E-state index is -0.230. The molecule has 0 aromatic carbocycles. The highest BCUT2D eigenvalue weighted by atomic mass is 32.1. The topological polar surface area (TPSA) is 59.0 Å². The number of H-pyrrole nitrogens is 1. The quantitative estimate of drug-likeness (QED) is 0.441. The number of nitrogens with one attached hydrogen (secondary N) is 2. The van der Waals surface area contributed by atoms with Crippen LogP contribution in [0.1, 0.15) is 47.0 Å². The van der Waals surface area contributed by atoms with E-state index in [1.807, 2.05) is 25.3 Å². The van der Waals surface area contributed by atoms with E-state index in [4.69, 9.17) is 17.0 Å². The van der Waals surface area contributed by atoms with E-state index in [0.29, 0.717) is 17.3 Å². The fourth-order valence-corrected chi connectivity index (χ4v) is 5.78. The summed E-state index contributed by atoms with van der Waals surface area (Å²) in [5.74, 6) is 0.897. The van der Waals surface area contributed by atoms with E-state index in [9.17, 15) is 4.79 Å². The number of pyridine rings is 1. The summed E-state index contributed by atoms with van der Waals surface area (Å²) in [4.78, 5) is 21.9. The molecule has 0 saturated carbocycles. The van der Waals surface area contributed by atoms with Gasteiger partial charge in [-0.1, -0.05) is 12.5 Å². The van der Waals surface area contributed by atoms with Crippen molar-refractivity contribution in [3.8, 4) is 0 Å². The predicted octanol–water partition coefficient (Wildman–Crippen LogP) is 3.53. The Balaban J connectivity index is 1.46. The van der Waals surface area contributed by atoms with Crippen molar-refractivity contribution in [3.63, 3.8) is 0 Å². The number of aryl methyl sites for hydroxylation is 1. The van der Waals surface area contributed by atoms with Crippen LogP contribution < -0.4 is 15.2 Å². The molecule has 2 aromatic rings. The van der Waals surface area contributed by atoms with Crippen molar-refractivity contribution in [2.45, 2.75) is 39.0 Å². The number of anilines is 2. The van der Waals surface area contributed by atoms with E-state index >= 15 is 0 Å². The van der Waals surface area contributed by atoms with E-state index in [1.54, 1.807) is 11.3 Å². The van der Waals surface area contributed by atoms with Crippen molar-refractivity contribution in [1.29, 1.82) is 0 Å². The first-order valence-electron chi connectivity index (χ1n) is 10.8. The Morgan fingerprint density at radius 2 is 2.00 bits per heavy atom. The average molecular weight is 446 g/mol. The molecule has 0 bridgehead atoms. The summed E-state index contributed by atoms with van der Waals surface area (Å²) in [6.07, 6.45) is 7.45. The number of thiocarbonyl (C=S) groups is 1. The molecule has 0 unspecified atom stereocenters. The molecule has 30 heavy (non-hydrogen) atoms. The molecule has 1 aliphatic carbocycles. The summed E-state index contributed by atoms with van der Waals surface area (Å²) in [6.45, 7) is 5.71. The lowest BCUT2D eigenvalue weighted by Crippen LogP contribution is -2.51. The van der Waals surface area contributed by atoms with Crippen LogP contribution in [0.25, 0.3) is 0 Å². The Bertz CT molecular complexity index is 892. The van der Waals surface area contributed by atoms with Gasteiger partial charge < -0.3 is 15.0 Å². The van der Waals surface area contributed by atoms with Gasteiger partial charge in [-0.15, -0.1) is 11.3 Å². The molecule has 1 fully saturated rings. The standard InChI is InChI=1S/C22H28N4O2S2/c1-2-28-21(27)19-16-8-4-3-5-9-17(16)30-20(19)24-22(29)26-14-12-25(13-15-26)18-10-6-7-11-23-18/h6-7,10-11H,2-5,8-9,12-15H2,1H3,(H,24,29)/p+1. The summed E-state index contributed by atoms with van der Waals surface area (Å²) in [6, 6.07) is 6.13. The molecule has 1 aliphatic heterocycles. The zero-order valence-electron chi connectivity index (χ0n) is 17.4. The number of nitrogens with zero attached hydrogens (tertiary/aromatic N) is 2. The third-order valence-electron chi connectivity index (χ3n) is 5.72. The number of carbonyl (C=O) groups is 1. The first kappa shape index (κ1) is 21.1. The number of rotatable bonds is 4. The van der Waals surface area contributed by atoms with E-state index < -0.39 is 0 Å². The molecule has 0 amide bonds. The SMILES string of the molecule is CCOC(=O)c1c(NC(=S)N2CCN(c3cccc[nH+]3)CC2)sc2c1CCCCC2. The van der Waals surface area contributed by atoms with E-state index in [-0.39, 0.29) is 5.97 Å². The normalized spacial score (nSPS) is 16.6. The summed E-state index contributed by atoms with van der Waals surface area (Å²) in [5, 5.41) is 4.94. The van der Waals surface area contributed by atoms with Crippen LogP contribution in [-0.2, 0) is 17.6 Å². The summed E-state index contributed by atoms with van der Waals surface area (Å²) in [7, 11) is 0. The Labute approximate surface area is 187 Å². The number of hydrogen-bond donors (Lipinski definition) is 1. The van der Waals surface area contributed by atoms with Gasteiger partial charge in [-0.05, 0) is 56.5 Å². The number of hydrogen-bond acceptors (Lipinski definition) is 5. The second-order valence-corrected chi connectivity index (χ2v) is 9.13. The molecule has 0 spiro atoms. The third-order valence-corrected chi connectivity index (χ3v) is 7.29. The summed E-state index contributed by atoms with van der Waals surface area (Å²) >= 11 is 7.41. The molecule has 6 nitrogen and oxygen atoms in total. The fourth-order valence-electron chi connectivity index (χ4n) is 4.16. The van der Waals surface area contributed by atoms with Gasteiger partial charge in [0.15, 0.2) is 5.11 Å². The van der Waals surface area contributed by atoms with Crippen LogP contribution in [0, 0.1) is 0 Å². The average Bonchev–Trinajstić information content (AvgIpc) is 2.95. The van der Waals surface area contributed by atoms with Gasteiger partial charge >= 0.3 is 5.97 Å². The van der Waals surface area contributed by atoms with Crippen LogP contribution in [0.5, 0.6) is 0 Å². The minimum Gasteiger partial charge on any atom is -0.462 e. The fraction of sp³-hybridized carbons (Fsp3) is 0.500. The molecule has 160 valence electrons. The molecular formula is C22H29N4O2S2+. The molecule has 1 saturated heterocycles. The van der Waals surface area contributed by atoms with Crippen LogP contribution in [0.15, 0.2) is 24.4 Å². The van der Waals surface area contributed by atoms with Gasteiger partial charge in [0, 0.05) is 10.9 Å². The smallest absolute Gasteiger partial charge is 0.341 e. The predicted molar refractivity (Wildman–Crippen MR) is 125 cm³/mol. The Morgan fingerprint density at radius 1 is 1.20 bits per heavy atom. The van der Waals surface area contributed by atoms with E-state index in [2.05, 4.69) is 26.2 Å². The Morgan fingerprint density at radius 3 is 2.73 bits per heavy atom. The van der Waals surface area contributed by atoms with Crippen molar-refractivity contribution < 1.29 is 14.5 Å². The van der Waals surface area contributed by atoms with Gasteiger partial charge in [-0.3, -0.25) is 4.90 Å². The van der Waals surface area contributed by atoms with Gasteiger partial charge in [0.25, 0.3) is 5.82 Å². The van der Waals surface area contributed by atoms with Crippen molar-refractivity contribution >= 4 is 45.5 Å². The lowest BCUT2D eigenvalue weighted by Gasteiger charge is -2.32. The van der Waals surface area contributed by atoms with Gasteiger partial charge in [0.1, 0.15) is 18.1 Å².